The largest absolute Gasteiger partial charge is 0.493 e. The zero-order valence-corrected chi connectivity index (χ0v) is 18.0. The van der Waals surface area contributed by atoms with Crippen LogP contribution >= 0.6 is 0 Å². The summed E-state index contributed by atoms with van der Waals surface area (Å²) >= 11 is 0. The lowest BCUT2D eigenvalue weighted by molar-refractivity contribution is 0.0953. The Labute approximate surface area is 187 Å². The Balaban J connectivity index is 1.38. The van der Waals surface area contributed by atoms with Crippen LogP contribution in [0.3, 0.4) is 0 Å². The van der Waals surface area contributed by atoms with Crippen molar-refractivity contribution in [2.24, 2.45) is 0 Å². The second kappa shape index (κ2) is 10.4. The molecule has 0 unspecified atom stereocenters. The van der Waals surface area contributed by atoms with Gasteiger partial charge in [0.1, 0.15) is 12.4 Å². The number of amides is 1. The van der Waals surface area contributed by atoms with Gasteiger partial charge in [0, 0.05) is 30.9 Å². The summed E-state index contributed by atoms with van der Waals surface area (Å²) < 4.78 is 13.5. The van der Waals surface area contributed by atoms with E-state index in [-0.39, 0.29) is 5.91 Å². The van der Waals surface area contributed by atoms with E-state index in [0.29, 0.717) is 31.0 Å². The summed E-state index contributed by atoms with van der Waals surface area (Å²) in [6.07, 6.45) is 4.77. The molecule has 164 valence electrons. The molecule has 2 aromatic heterocycles. The van der Waals surface area contributed by atoms with Crippen molar-refractivity contribution in [3.05, 3.63) is 84.4 Å². The third-order valence-corrected chi connectivity index (χ3v) is 5.18. The lowest BCUT2D eigenvalue weighted by Gasteiger charge is -2.13. The fourth-order valence-corrected chi connectivity index (χ4v) is 3.60. The molecule has 0 fully saturated rings. The van der Waals surface area contributed by atoms with E-state index in [0.717, 1.165) is 35.4 Å². The molecule has 0 spiro atoms. The van der Waals surface area contributed by atoms with Gasteiger partial charge in [0.2, 0.25) is 0 Å². The molecule has 7 nitrogen and oxygen atoms in total. The van der Waals surface area contributed by atoms with Crippen LogP contribution < -0.4 is 14.8 Å². The molecule has 2 heterocycles. The number of aryl methyl sites for hydroxylation is 1. The molecule has 0 aliphatic carbocycles. The van der Waals surface area contributed by atoms with Crippen LogP contribution in [0.2, 0.25) is 0 Å². The third kappa shape index (κ3) is 5.06. The van der Waals surface area contributed by atoms with E-state index in [2.05, 4.69) is 20.9 Å². The van der Waals surface area contributed by atoms with E-state index in [9.17, 15) is 4.79 Å². The quantitative estimate of drug-likeness (QED) is 0.386. The summed E-state index contributed by atoms with van der Waals surface area (Å²) in [6.45, 7) is 1.73. The highest BCUT2D eigenvalue weighted by molar-refractivity contribution is 5.93. The van der Waals surface area contributed by atoms with Crippen LogP contribution in [0.5, 0.6) is 11.5 Å². The number of carbonyl (C=O) groups is 1. The van der Waals surface area contributed by atoms with E-state index in [1.165, 1.54) is 0 Å². The summed E-state index contributed by atoms with van der Waals surface area (Å²) in [5, 5.41) is 2.96. The molecule has 4 rings (SSSR count). The Hall–Kier alpha value is -3.87. The van der Waals surface area contributed by atoms with Gasteiger partial charge in [0.05, 0.1) is 24.7 Å². The molecule has 2 aromatic carbocycles. The number of pyridine rings is 1. The van der Waals surface area contributed by atoms with Gasteiger partial charge in [0.25, 0.3) is 5.91 Å². The summed E-state index contributed by atoms with van der Waals surface area (Å²) in [5.74, 6) is 2.33. The second-order valence-electron chi connectivity index (χ2n) is 7.26. The summed E-state index contributed by atoms with van der Waals surface area (Å²) in [7, 11) is 1.64. The first-order valence-corrected chi connectivity index (χ1v) is 10.6. The molecule has 0 atom stereocenters. The molecule has 0 aliphatic rings. The summed E-state index contributed by atoms with van der Waals surface area (Å²) in [6, 6.07) is 19.1. The van der Waals surface area contributed by atoms with E-state index in [1.54, 1.807) is 31.6 Å². The fraction of sp³-hybridized carbons (Fsp3) is 0.240. The second-order valence-corrected chi connectivity index (χ2v) is 7.26. The first kappa shape index (κ1) is 21.4. The molecular formula is C25H26N4O3. The van der Waals surface area contributed by atoms with Crippen LogP contribution in [0, 0.1) is 0 Å². The first-order chi connectivity index (χ1) is 15.8. The van der Waals surface area contributed by atoms with Gasteiger partial charge < -0.3 is 19.4 Å². The highest BCUT2D eigenvalue weighted by Crippen LogP contribution is 2.26. The summed E-state index contributed by atoms with van der Waals surface area (Å²) in [4.78, 5) is 21.0. The Morgan fingerprint density at radius 2 is 1.75 bits per heavy atom. The minimum atomic E-state index is -0.0916. The highest BCUT2D eigenvalue weighted by Gasteiger charge is 2.12. The number of hydrogen-bond donors (Lipinski definition) is 1. The van der Waals surface area contributed by atoms with Gasteiger partial charge in [-0.25, -0.2) is 4.98 Å². The van der Waals surface area contributed by atoms with Gasteiger partial charge in [-0.15, -0.1) is 0 Å². The Kier molecular flexibility index (Phi) is 6.97. The van der Waals surface area contributed by atoms with Gasteiger partial charge in [-0.3, -0.25) is 9.78 Å². The smallest absolute Gasteiger partial charge is 0.251 e. The normalized spacial score (nSPS) is 10.8. The molecule has 4 aromatic rings. The van der Waals surface area contributed by atoms with Gasteiger partial charge in [-0.1, -0.05) is 24.3 Å². The minimum Gasteiger partial charge on any atom is -0.493 e. The van der Waals surface area contributed by atoms with Crippen molar-refractivity contribution in [2.45, 2.75) is 19.4 Å². The lowest BCUT2D eigenvalue weighted by Crippen LogP contribution is -2.25. The van der Waals surface area contributed by atoms with Crippen molar-refractivity contribution >= 4 is 16.9 Å². The lowest BCUT2D eigenvalue weighted by atomic mass is 10.2. The maximum absolute atomic E-state index is 12.2. The van der Waals surface area contributed by atoms with Crippen molar-refractivity contribution in [3.63, 3.8) is 0 Å². The molecule has 1 amide bonds. The molecule has 0 radical (unpaired) electrons. The summed E-state index contributed by atoms with van der Waals surface area (Å²) in [5.41, 5.74) is 2.65. The fourth-order valence-electron chi connectivity index (χ4n) is 3.60. The van der Waals surface area contributed by atoms with Gasteiger partial charge in [0.15, 0.2) is 11.5 Å². The maximum Gasteiger partial charge on any atom is 0.251 e. The van der Waals surface area contributed by atoms with Crippen LogP contribution in [0.4, 0.5) is 0 Å². The van der Waals surface area contributed by atoms with Gasteiger partial charge >= 0.3 is 0 Å². The number of hydrogen-bond acceptors (Lipinski definition) is 5. The van der Waals surface area contributed by atoms with Crippen LogP contribution in [0.15, 0.2) is 73.1 Å². The van der Waals surface area contributed by atoms with Gasteiger partial charge in [-0.05, 0) is 42.8 Å². The molecule has 1 N–H and O–H groups in total. The van der Waals surface area contributed by atoms with Crippen molar-refractivity contribution in [2.75, 3.05) is 20.3 Å². The van der Waals surface area contributed by atoms with Crippen LogP contribution in [-0.4, -0.2) is 40.7 Å². The number of benzene rings is 2. The number of nitrogens with one attached hydrogen (secondary N) is 1. The monoisotopic (exact) mass is 430 g/mol. The number of methoxy groups -OCH3 is 1. The minimum absolute atomic E-state index is 0.0916. The third-order valence-electron chi connectivity index (χ3n) is 5.18. The van der Waals surface area contributed by atoms with Crippen molar-refractivity contribution < 1.29 is 14.3 Å². The molecular weight excluding hydrogens is 404 g/mol. The molecule has 0 saturated carbocycles. The van der Waals surface area contributed by atoms with Gasteiger partial charge in [-0.2, -0.15) is 0 Å². The van der Waals surface area contributed by atoms with Crippen molar-refractivity contribution in [1.82, 2.24) is 19.9 Å². The van der Waals surface area contributed by atoms with Crippen LogP contribution in [0.25, 0.3) is 11.0 Å². The molecule has 32 heavy (non-hydrogen) atoms. The zero-order valence-electron chi connectivity index (χ0n) is 18.0. The van der Waals surface area contributed by atoms with Crippen molar-refractivity contribution in [1.29, 1.82) is 0 Å². The number of fused-ring (bicyclic) bond motifs is 1. The number of para-hydroxylation sites is 4. The molecule has 0 saturated heterocycles. The molecule has 0 bridgehead atoms. The van der Waals surface area contributed by atoms with E-state index < -0.39 is 0 Å². The molecule has 0 aliphatic heterocycles. The van der Waals surface area contributed by atoms with E-state index >= 15 is 0 Å². The Morgan fingerprint density at radius 3 is 2.56 bits per heavy atom. The average Bonchev–Trinajstić information content (AvgIpc) is 3.20. The highest BCUT2D eigenvalue weighted by atomic mass is 16.5. The Bertz CT molecular complexity index is 1170. The Morgan fingerprint density at radius 1 is 1.00 bits per heavy atom. The standard InChI is InChI=1S/C25H26N4O3/c1-31-22-9-4-5-10-23(22)32-18-17-29-21-8-3-2-7-20(21)28-24(29)11-6-14-27-25(30)19-12-15-26-16-13-19/h2-5,7-10,12-13,15-16H,6,11,14,17-18H2,1H3,(H,27,30). The van der Waals surface area contributed by atoms with E-state index in [4.69, 9.17) is 14.5 Å². The SMILES string of the molecule is COc1ccccc1OCCn1c(CCCNC(=O)c2ccncc2)nc2ccccc21. The number of ether oxygens (including phenoxy) is 2. The predicted molar refractivity (Wildman–Crippen MR) is 123 cm³/mol. The van der Waals surface area contributed by atoms with Crippen molar-refractivity contribution in [3.8, 4) is 11.5 Å². The predicted octanol–water partition coefficient (Wildman–Crippen LogP) is 3.88. The van der Waals surface area contributed by atoms with E-state index in [1.807, 2.05) is 42.5 Å². The number of imidazole rings is 1. The first-order valence-electron chi connectivity index (χ1n) is 10.6. The van der Waals surface area contributed by atoms with Crippen LogP contribution in [0.1, 0.15) is 22.6 Å². The van der Waals surface area contributed by atoms with Crippen LogP contribution in [-0.2, 0) is 13.0 Å². The zero-order chi connectivity index (χ0) is 22.2. The average molecular weight is 431 g/mol. The number of nitrogens with zero attached hydrogens (tertiary/aromatic N) is 3. The maximum atomic E-state index is 12.2. The number of rotatable bonds is 10. The number of carbonyl (C=O) groups excluding carboxylic acids is 1. The molecule has 7 heteroatoms. The number of aromatic nitrogens is 3. The topological polar surface area (TPSA) is 78.3 Å².